The number of carbonyl (C=O) groups excluding carboxylic acids is 1. The SMILES string of the molecule is O=C(CCC1CCCCC1)NCC1CCCNC1. The largest absolute Gasteiger partial charge is 0.356 e. The van der Waals surface area contributed by atoms with Crippen molar-refractivity contribution in [1.29, 1.82) is 0 Å². The molecule has 1 aliphatic carbocycles. The molecule has 0 bridgehead atoms. The topological polar surface area (TPSA) is 41.1 Å². The highest BCUT2D eigenvalue weighted by molar-refractivity contribution is 5.75. The molecule has 2 aliphatic rings. The number of hydrogen-bond acceptors (Lipinski definition) is 2. The Morgan fingerprint density at radius 1 is 1.06 bits per heavy atom. The van der Waals surface area contributed by atoms with Crippen LogP contribution < -0.4 is 10.6 Å². The van der Waals surface area contributed by atoms with E-state index in [0.717, 1.165) is 38.4 Å². The number of piperidine rings is 1. The van der Waals surface area contributed by atoms with E-state index in [0.29, 0.717) is 5.92 Å². The molecule has 18 heavy (non-hydrogen) atoms. The van der Waals surface area contributed by atoms with Crippen LogP contribution in [-0.2, 0) is 4.79 Å². The van der Waals surface area contributed by atoms with E-state index >= 15 is 0 Å². The Balaban J connectivity index is 1.54. The number of hydrogen-bond donors (Lipinski definition) is 2. The van der Waals surface area contributed by atoms with Gasteiger partial charge in [-0.2, -0.15) is 0 Å². The molecule has 3 heteroatoms. The minimum atomic E-state index is 0.270. The lowest BCUT2D eigenvalue weighted by Gasteiger charge is -2.23. The van der Waals surface area contributed by atoms with Gasteiger partial charge in [-0.25, -0.2) is 0 Å². The van der Waals surface area contributed by atoms with E-state index in [-0.39, 0.29) is 5.91 Å². The first-order valence-corrected chi connectivity index (χ1v) is 7.82. The molecule has 0 aromatic rings. The average molecular weight is 252 g/mol. The van der Waals surface area contributed by atoms with Crippen molar-refractivity contribution in [3.05, 3.63) is 0 Å². The van der Waals surface area contributed by atoms with Gasteiger partial charge >= 0.3 is 0 Å². The fourth-order valence-corrected chi connectivity index (χ4v) is 3.26. The Morgan fingerprint density at radius 2 is 1.83 bits per heavy atom. The fraction of sp³-hybridized carbons (Fsp3) is 0.933. The smallest absolute Gasteiger partial charge is 0.220 e. The number of nitrogens with one attached hydrogen (secondary N) is 2. The second kappa shape index (κ2) is 7.78. The van der Waals surface area contributed by atoms with Gasteiger partial charge < -0.3 is 10.6 Å². The van der Waals surface area contributed by atoms with Gasteiger partial charge in [-0.15, -0.1) is 0 Å². The van der Waals surface area contributed by atoms with E-state index in [2.05, 4.69) is 10.6 Å². The maximum Gasteiger partial charge on any atom is 0.220 e. The first-order chi connectivity index (χ1) is 8.84. The molecule has 0 aromatic carbocycles. The summed E-state index contributed by atoms with van der Waals surface area (Å²) in [6, 6.07) is 0. The summed E-state index contributed by atoms with van der Waals surface area (Å²) in [5, 5.41) is 6.50. The molecule has 0 aromatic heterocycles. The van der Waals surface area contributed by atoms with E-state index in [1.807, 2.05) is 0 Å². The third-order valence-electron chi connectivity index (χ3n) is 4.49. The van der Waals surface area contributed by atoms with Crippen molar-refractivity contribution < 1.29 is 4.79 Å². The van der Waals surface area contributed by atoms with Crippen LogP contribution in [-0.4, -0.2) is 25.5 Å². The maximum absolute atomic E-state index is 11.8. The molecule has 2 fully saturated rings. The van der Waals surface area contributed by atoms with Gasteiger partial charge in [-0.05, 0) is 44.2 Å². The van der Waals surface area contributed by atoms with Crippen molar-refractivity contribution in [1.82, 2.24) is 10.6 Å². The highest BCUT2D eigenvalue weighted by Crippen LogP contribution is 2.27. The summed E-state index contributed by atoms with van der Waals surface area (Å²) < 4.78 is 0. The predicted molar refractivity (Wildman–Crippen MR) is 74.4 cm³/mol. The van der Waals surface area contributed by atoms with Crippen LogP contribution in [0.3, 0.4) is 0 Å². The van der Waals surface area contributed by atoms with Crippen LogP contribution in [0.15, 0.2) is 0 Å². The lowest BCUT2D eigenvalue weighted by Crippen LogP contribution is -2.38. The van der Waals surface area contributed by atoms with Gasteiger partial charge in [0.25, 0.3) is 0 Å². The van der Waals surface area contributed by atoms with Crippen LogP contribution in [0.25, 0.3) is 0 Å². The van der Waals surface area contributed by atoms with Crippen molar-refractivity contribution >= 4 is 5.91 Å². The highest BCUT2D eigenvalue weighted by Gasteiger charge is 2.16. The molecular weight excluding hydrogens is 224 g/mol. The molecule has 2 rings (SSSR count). The molecule has 1 saturated heterocycles. The standard InChI is InChI=1S/C15H28N2O/c18-15(9-8-13-5-2-1-3-6-13)17-12-14-7-4-10-16-11-14/h13-14,16H,1-12H2,(H,17,18). The summed E-state index contributed by atoms with van der Waals surface area (Å²) in [6.07, 6.45) is 11.2. The predicted octanol–water partition coefficient (Wildman–Crippen LogP) is 2.46. The van der Waals surface area contributed by atoms with Gasteiger partial charge in [0.2, 0.25) is 5.91 Å². The molecular formula is C15H28N2O. The van der Waals surface area contributed by atoms with Crippen molar-refractivity contribution in [2.75, 3.05) is 19.6 Å². The summed E-state index contributed by atoms with van der Waals surface area (Å²) in [6.45, 7) is 3.09. The third kappa shape index (κ3) is 4.97. The molecule has 1 amide bonds. The zero-order valence-corrected chi connectivity index (χ0v) is 11.5. The molecule has 1 atom stereocenters. The van der Waals surface area contributed by atoms with Crippen molar-refractivity contribution in [3.8, 4) is 0 Å². The summed E-state index contributed by atoms with van der Waals surface area (Å²) in [5.41, 5.74) is 0. The van der Waals surface area contributed by atoms with Crippen LogP contribution in [0.5, 0.6) is 0 Å². The first kappa shape index (κ1) is 13.9. The lowest BCUT2D eigenvalue weighted by atomic mass is 9.86. The molecule has 3 nitrogen and oxygen atoms in total. The Kier molecular flexibility index (Phi) is 5.98. The Hall–Kier alpha value is -0.570. The average Bonchev–Trinajstić information content (AvgIpc) is 2.45. The zero-order valence-electron chi connectivity index (χ0n) is 11.5. The van der Waals surface area contributed by atoms with Crippen molar-refractivity contribution in [2.45, 2.75) is 57.8 Å². The van der Waals surface area contributed by atoms with Gasteiger partial charge in [-0.1, -0.05) is 32.1 Å². The number of carbonyl (C=O) groups is 1. The molecule has 1 unspecified atom stereocenters. The van der Waals surface area contributed by atoms with E-state index in [1.54, 1.807) is 0 Å². The minimum absolute atomic E-state index is 0.270. The lowest BCUT2D eigenvalue weighted by molar-refractivity contribution is -0.121. The summed E-state index contributed by atoms with van der Waals surface area (Å²) in [4.78, 5) is 11.8. The summed E-state index contributed by atoms with van der Waals surface area (Å²) in [5.74, 6) is 1.74. The van der Waals surface area contributed by atoms with E-state index in [9.17, 15) is 4.79 Å². The normalized spacial score (nSPS) is 25.9. The second-order valence-electron chi connectivity index (χ2n) is 6.06. The van der Waals surface area contributed by atoms with Gasteiger partial charge in [-0.3, -0.25) is 4.79 Å². The molecule has 104 valence electrons. The van der Waals surface area contributed by atoms with Gasteiger partial charge in [0.15, 0.2) is 0 Å². The Morgan fingerprint density at radius 3 is 2.56 bits per heavy atom. The molecule has 2 N–H and O–H groups in total. The van der Waals surface area contributed by atoms with Crippen LogP contribution in [0.2, 0.25) is 0 Å². The van der Waals surface area contributed by atoms with E-state index < -0.39 is 0 Å². The molecule has 0 radical (unpaired) electrons. The van der Waals surface area contributed by atoms with Crippen LogP contribution in [0.1, 0.15) is 57.8 Å². The highest BCUT2D eigenvalue weighted by atomic mass is 16.1. The Labute approximate surface area is 111 Å². The second-order valence-corrected chi connectivity index (χ2v) is 6.06. The van der Waals surface area contributed by atoms with Crippen LogP contribution >= 0.6 is 0 Å². The Bertz CT molecular complexity index is 219. The van der Waals surface area contributed by atoms with E-state index in [4.69, 9.17) is 0 Å². The van der Waals surface area contributed by atoms with Crippen molar-refractivity contribution in [3.63, 3.8) is 0 Å². The minimum Gasteiger partial charge on any atom is -0.356 e. The zero-order chi connectivity index (χ0) is 12.6. The maximum atomic E-state index is 11.8. The summed E-state index contributed by atoms with van der Waals surface area (Å²) in [7, 11) is 0. The monoisotopic (exact) mass is 252 g/mol. The van der Waals surface area contributed by atoms with Gasteiger partial charge in [0, 0.05) is 13.0 Å². The fourth-order valence-electron chi connectivity index (χ4n) is 3.26. The molecule has 1 heterocycles. The van der Waals surface area contributed by atoms with Gasteiger partial charge in [0.1, 0.15) is 0 Å². The molecule has 1 saturated carbocycles. The van der Waals surface area contributed by atoms with E-state index in [1.165, 1.54) is 44.9 Å². The van der Waals surface area contributed by atoms with Crippen LogP contribution in [0.4, 0.5) is 0 Å². The third-order valence-corrected chi connectivity index (χ3v) is 4.49. The van der Waals surface area contributed by atoms with Gasteiger partial charge in [0.05, 0.1) is 0 Å². The first-order valence-electron chi connectivity index (χ1n) is 7.82. The quantitative estimate of drug-likeness (QED) is 0.789. The van der Waals surface area contributed by atoms with Crippen LogP contribution in [0, 0.1) is 11.8 Å². The number of amides is 1. The molecule has 1 aliphatic heterocycles. The molecule has 0 spiro atoms. The number of rotatable bonds is 5. The summed E-state index contributed by atoms with van der Waals surface area (Å²) >= 11 is 0. The van der Waals surface area contributed by atoms with Crippen molar-refractivity contribution in [2.24, 2.45) is 11.8 Å².